The number of rotatable bonds is 18. The van der Waals surface area contributed by atoms with Crippen molar-refractivity contribution in [1.82, 2.24) is 20.2 Å². The summed E-state index contributed by atoms with van der Waals surface area (Å²) < 4.78 is 25.7. The number of aliphatic hydroxyl groups is 5. The lowest BCUT2D eigenvalue weighted by Crippen LogP contribution is -2.55. The Hall–Kier alpha value is -2.98. The fourth-order valence-electron chi connectivity index (χ4n) is 5.79. The highest BCUT2D eigenvalue weighted by molar-refractivity contribution is 5.79. The number of amides is 1. The zero-order chi connectivity index (χ0) is 33.1. The van der Waals surface area contributed by atoms with Crippen molar-refractivity contribution in [2.45, 2.75) is 63.1 Å². The number of hydrogen-bond acceptors (Lipinski definition) is 12. The predicted molar refractivity (Wildman–Crippen MR) is 167 cm³/mol. The number of carbonyl (C=O) groups excluding carboxylic acids is 1. The van der Waals surface area contributed by atoms with Crippen molar-refractivity contribution in [2.24, 2.45) is 11.8 Å². The topological polar surface area (TPSA) is 181 Å². The maximum Gasteiger partial charge on any atom is 0.227 e. The van der Waals surface area contributed by atoms with Gasteiger partial charge in [0, 0.05) is 76.3 Å². The fraction of sp³-hybridized carbons (Fsp3) is 0.656. The third kappa shape index (κ3) is 10.3. The molecule has 2 fully saturated rings. The van der Waals surface area contributed by atoms with Gasteiger partial charge in [-0.05, 0) is 43.2 Å². The Morgan fingerprint density at radius 1 is 1.07 bits per heavy atom. The molecule has 2 aliphatic heterocycles. The zero-order valence-corrected chi connectivity index (χ0v) is 26.4. The predicted octanol–water partition coefficient (Wildman–Crippen LogP) is -0.136. The van der Waals surface area contributed by atoms with Gasteiger partial charge in [-0.3, -0.25) is 4.79 Å². The van der Waals surface area contributed by atoms with Crippen LogP contribution in [0.25, 0.3) is 0 Å². The molecule has 4 atom stereocenters. The van der Waals surface area contributed by atoms with Crippen LogP contribution < -0.4 is 15.0 Å². The van der Waals surface area contributed by atoms with E-state index in [1.165, 1.54) is 6.07 Å². The minimum atomic E-state index is -1.67. The van der Waals surface area contributed by atoms with E-state index in [9.17, 15) is 29.6 Å². The molecular weight excluding hydrogens is 601 g/mol. The summed E-state index contributed by atoms with van der Waals surface area (Å²) in [5.74, 6) is 1.26. The molecule has 46 heavy (non-hydrogen) atoms. The molecule has 0 bridgehead atoms. The molecule has 1 amide bonds. The van der Waals surface area contributed by atoms with Gasteiger partial charge in [0.25, 0.3) is 0 Å². The Balaban J connectivity index is 1.08. The molecule has 4 unspecified atom stereocenters. The highest BCUT2D eigenvalue weighted by atomic mass is 19.1. The van der Waals surface area contributed by atoms with E-state index in [0.29, 0.717) is 50.1 Å². The molecule has 0 saturated carbocycles. The number of nitrogens with zero attached hydrogens (tertiary/aromatic N) is 4. The second kappa shape index (κ2) is 17.8. The number of hydrogen-bond donors (Lipinski definition) is 6. The summed E-state index contributed by atoms with van der Waals surface area (Å²) in [6.45, 7) is 3.46. The first-order valence-corrected chi connectivity index (χ1v) is 16.0. The Kier molecular flexibility index (Phi) is 13.9. The van der Waals surface area contributed by atoms with Crippen molar-refractivity contribution < 1.29 is 44.2 Å². The summed E-state index contributed by atoms with van der Waals surface area (Å²) in [6, 6.07) is 4.62. The van der Waals surface area contributed by atoms with Crippen LogP contribution >= 0.6 is 0 Å². The molecular formula is C32H48FN5O8. The van der Waals surface area contributed by atoms with Gasteiger partial charge < -0.3 is 50.1 Å². The number of piperidine rings is 1. The van der Waals surface area contributed by atoms with Gasteiger partial charge in [0.2, 0.25) is 11.9 Å². The van der Waals surface area contributed by atoms with E-state index >= 15 is 0 Å². The minimum absolute atomic E-state index is 0.0404. The van der Waals surface area contributed by atoms with Crippen LogP contribution in [0.2, 0.25) is 0 Å². The average Bonchev–Trinajstić information content (AvgIpc) is 3.04. The van der Waals surface area contributed by atoms with Gasteiger partial charge in [-0.25, -0.2) is 14.4 Å². The monoisotopic (exact) mass is 649 g/mol. The summed E-state index contributed by atoms with van der Waals surface area (Å²) in [4.78, 5) is 25.4. The van der Waals surface area contributed by atoms with E-state index in [2.05, 4.69) is 20.2 Å². The molecule has 6 N–H and O–H groups in total. The van der Waals surface area contributed by atoms with E-state index in [1.807, 2.05) is 0 Å². The van der Waals surface area contributed by atoms with Crippen LogP contribution in [0.5, 0.6) is 5.75 Å². The summed E-state index contributed by atoms with van der Waals surface area (Å²) in [5.41, 5.74) is 1.26. The first-order chi connectivity index (χ1) is 22.2. The number of methoxy groups -OCH3 is 1. The number of aromatic nitrogens is 2. The van der Waals surface area contributed by atoms with Gasteiger partial charge in [-0.15, -0.1) is 0 Å². The van der Waals surface area contributed by atoms with E-state index in [0.717, 1.165) is 50.3 Å². The number of likely N-dealkylation sites (tertiary alicyclic amines) is 1. The molecule has 4 rings (SSSR count). The van der Waals surface area contributed by atoms with E-state index < -0.39 is 36.8 Å². The average molecular weight is 650 g/mol. The number of aliphatic hydroxyl groups excluding tert-OH is 5. The lowest BCUT2D eigenvalue weighted by atomic mass is 9.92. The molecule has 1 aromatic carbocycles. The lowest BCUT2D eigenvalue weighted by molar-refractivity contribution is -0.136. The second-order valence-electron chi connectivity index (χ2n) is 12.3. The molecule has 1 aromatic heterocycles. The highest BCUT2D eigenvalue weighted by Gasteiger charge is 2.32. The number of anilines is 1. The summed E-state index contributed by atoms with van der Waals surface area (Å²) in [6.07, 6.45) is 1.38. The normalized spacial score (nSPS) is 18.6. The fourth-order valence-corrected chi connectivity index (χ4v) is 5.79. The molecule has 0 radical (unpaired) electrons. The van der Waals surface area contributed by atoms with Gasteiger partial charge in [0.1, 0.15) is 29.9 Å². The van der Waals surface area contributed by atoms with Gasteiger partial charge in [0.05, 0.1) is 32.3 Å². The first-order valence-electron chi connectivity index (χ1n) is 16.0. The molecule has 256 valence electrons. The molecule has 3 heterocycles. The van der Waals surface area contributed by atoms with Gasteiger partial charge in [-0.1, -0.05) is 6.07 Å². The van der Waals surface area contributed by atoms with Crippen LogP contribution in [0.15, 0.2) is 30.6 Å². The molecule has 0 aliphatic carbocycles. The largest absolute Gasteiger partial charge is 0.493 e. The minimum Gasteiger partial charge on any atom is -0.493 e. The second-order valence-corrected chi connectivity index (χ2v) is 12.3. The third-order valence-corrected chi connectivity index (χ3v) is 8.71. The Morgan fingerprint density at radius 3 is 2.41 bits per heavy atom. The first kappa shape index (κ1) is 35.9. The van der Waals surface area contributed by atoms with Crippen molar-refractivity contribution in [3.05, 3.63) is 47.5 Å². The van der Waals surface area contributed by atoms with Gasteiger partial charge in [0.15, 0.2) is 0 Å². The number of carbonyl (C=O) groups is 1. The molecule has 14 heteroatoms. The Bertz CT molecular complexity index is 1210. The third-order valence-electron chi connectivity index (χ3n) is 8.71. The highest BCUT2D eigenvalue weighted by Crippen LogP contribution is 2.25. The van der Waals surface area contributed by atoms with Crippen molar-refractivity contribution in [3.8, 4) is 5.75 Å². The van der Waals surface area contributed by atoms with E-state index in [1.54, 1.807) is 36.5 Å². The van der Waals surface area contributed by atoms with Crippen LogP contribution in [0.1, 0.15) is 36.8 Å². The quantitative estimate of drug-likeness (QED) is 0.118. The van der Waals surface area contributed by atoms with E-state index in [4.69, 9.17) is 14.6 Å². The molecule has 0 spiro atoms. The maximum absolute atomic E-state index is 14.8. The smallest absolute Gasteiger partial charge is 0.227 e. The van der Waals surface area contributed by atoms with Crippen LogP contribution in [-0.4, -0.2) is 130 Å². The van der Waals surface area contributed by atoms with Crippen molar-refractivity contribution in [3.63, 3.8) is 0 Å². The van der Waals surface area contributed by atoms with Crippen LogP contribution in [-0.2, 0) is 22.6 Å². The number of halogens is 1. The Labute approximate surface area is 269 Å². The number of ether oxygens (including phenoxy) is 2. The summed E-state index contributed by atoms with van der Waals surface area (Å²) in [5, 5.41) is 50.7. The van der Waals surface area contributed by atoms with Crippen LogP contribution in [0, 0.1) is 17.7 Å². The summed E-state index contributed by atoms with van der Waals surface area (Å²) >= 11 is 0. The number of benzene rings is 1. The van der Waals surface area contributed by atoms with Gasteiger partial charge >= 0.3 is 0 Å². The van der Waals surface area contributed by atoms with Crippen molar-refractivity contribution in [1.29, 1.82) is 0 Å². The molecule has 13 nitrogen and oxygen atoms in total. The van der Waals surface area contributed by atoms with E-state index in [-0.39, 0.29) is 24.8 Å². The SMILES string of the molecule is COCc1cnc(N2CCC(CCCOc3ccc(CC(=O)N4CC(CNCC(O)C(O)C(O)C(O)CO)C4)c(F)c3)CC2)nc1. The zero-order valence-electron chi connectivity index (χ0n) is 26.4. The van der Waals surface area contributed by atoms with Crippen molar-refractivity contribution in [2.75, 3.05) is 64.5 Å². The Morgan fingerprint density at radius 2 is 1.76 bits per heavy atom. The summed E-state index contributed by atoms with van der Waals surface area (Å²) in [7, 11) is 1.65. The van der Waals surface area contributed by atoms with Gasteiger partial charge in [-0.2, -0.15) is 0 Å². The number of nitrogens with one attached hydrogen (secondary N) is 1. The molecule has 2 aromatic rings. The molecule has 2 aliphatic rings. The molecule has 2 saturated heterocycles. The van der Waals surface area contributed by atoms with Crippen LogP contribution in [0.3, 0.4) is 0 Å². The maximum atomic E-state index is 14.8. The van der Waals surface area contributed by atoms with Crippen LogP contribution in [0.4, 0.5) is 10.3 Å². The lowest BCUT2D eigenvalue weighted by Gasteiger charge is -2.39. The van der Waals surface area contributed by atoms with Crippen molar-refractivity contribution >= 4 is 11.9 Å². The standard InChI is InChI=1S/C32H48FN5O8/c1-45-20-22-14-35-32(36-15-22)37-8-6-21(7-9-37)3-2-10-46-25-5-4-24(26(33)12-25)11-29(42)38-17-23(18-38)13-34-16-27(40)30(43)31(44)28(41)19-39/h4-5,12,14-15,21,23,27-28,30-31,34,39-41,43-44H,2-3,6-11,13,16-20H2,1H3.